The van der Waals surface area contributed by atoms with Gasteiger partial charge in [-0.05, 0) is 69.3 Å². The van der Waals surface area contributed by atoms with Crippen LogP contribution in [-0.2, 0) is 23.9 Å². The summed E-state index contributed by atoms with van der Waals surface area (Å²) in [5.41, 5.74) is 9.66. The van der Waals surface area contributed by atoms with E-state index >= 15 is 0 Å². The average molecular weight is 766 g/mol. The molecule has 4 atom stereocenters. The van der Waals surface area contributed by atoms with Gasteiger partial charge in [-0.15, -0.1) is 0 Å². The van der Waals surface area contributed by atoms with Crippen molar-refractivity contribution in [1.29, 1.82) is 0 Å². The second-order valence-corrected chi connectivity index (χ2v) is 10.4. The molecule has 1 aliphatic carbocycles. The van der Waals surface area contributed by atoms with Gasteiger partial charge in [0.05, 0.1) is 12.7 Å². The van der Waals surface area contributed by atoms with Crippen LogP contribution in [0.5, 0.6) is 0 Å². The Kier molecular flexibility index (Phi) is 9.51. The second kappa shape index (κ2) is 10.2. The van der Waals surface area contributed by atoms with E-state index < -0.39 is 50.7 Å². The summed E-state index contributed by atoms with van der Waals surface area (Å²) in [7, 11) is 0. The Morgan fingerprint density at radius 2 is 1.79 bits per heavy atom. The molecule has 0 saturated carbocycles. The molecule has 0 aliphatic heterocycles. The van der Waals surface area contributed by atoms with E-state index in [1.165, 1.54) is 29.5 Å². The molecule has 1 rings (SSSR count). The maximum atomic E-state index is 13.2. The lowest BCUT2D eigenvalue weighted by molar-refractivity contribution is -0.150. The zero-order valence-electron chi connectivity index (χ0n) is 15.2. The van der Waals surface area contributed by atoms with Crippen LogP contribution in [0.25, 0.3) is 0 Å². The highest BCUT2D eigenvalue weighted by Crippen LogP contribution is 2.54. The first kappa shape index (κ1) is 27.2. The Hall–Kier alpha value is 0.120. The summed E-state index contributed by atoms with van der Waals surface area (Å²) in [6.45, 7) is 1.81. The summed E-state index contributed by atoms with van der Waals surface area (Å²) < 4.78 is 3.12. The van der Waals surface area contributed by atoms with E-state index in [1.807, 2.05) is 0 Å². The molecule has 1 aliphatic rings. The Labute approximate surface area is 212 Å². The van der Waals surface area contributed by atoms with Crippen LogP contribution in [0.1, 0.15) is 20.3 Å². The van der Waals surface area contributed by atoms with Crippen LogP contribution in [0.2, 0.25) is 0 Å². The van der Waals surface area contributed by atoms with E-state index in [-0.39, 0.29) is 24.7 Å². The average Bonchev–Trinajstić information content (AvgIpc) is 2.62. The third-order valence-corrected chi connectivity index (χ3v) is 9.15. The van der Waals surface area contributed by atoms with Crippen molar-refractivity contribution >= 4 is 102 Å². The number of amides is 1. The number of carbonyl (C=O) groups is 4. The van der Waals surface area contributed by atoms with Crippen LogP contribution in [0, 0.1) is 0 Å². The summed E-state index contributed by atoms with van der Waals surface area (Å²) >= 11 is 10.8. The minimum Gasteiger partial charge on any atom is -0.454 e. The SMILES string of the molecule is CC(=O)OC(C)C(=O)C1=C(I)C(CC(O)CO)=C(I)C(N)(C(=O)Cl)C1(I)C(N)=O. The molecular weight excluding hydrogens is 748 g/mol. The molecule has 1 amide bonds. The molecule has 0 bridgehead atoms. The first-order chi connectivity index (χ1) is 13.2. The molecule has 29 heavy (non-hydrogen) atoms. The molecule has 13 heteroatoms. The monoisotopic (exact) mass is 766 g/mol. The molecule has 0 radical (unpaired) electrons. The van der Waals surface area contributed by atoms with Crippen LogP contribution >= 0.6 is 79.4 Å². The van der Waals surface area contributed by atoms with Crippen LogP contribution < -0.4 is 11.5 Å². The lowest BCUT2D eigenvalue weighted by Crippen LogP contribution is -2.70. The number of carbonyl (C=O) groups excluding carboxylic acids is 4. The number of aliphatic hydroxyl groups excluding tert-OH is 2. The highest BCUT2D eigenvalue weighted by Gasteiger charge is 2.65. The number of alkyl halides is 1. The molecular formula is C16H18ClI3N2O7. The van der Waals surface area contributed by atoms with Crippen LogP contribution in [0.15, 0.2) is 18.3 Å². The number of aliphatic hydroxyl groups is 2. The largest absolute Gasteiger partial charge is 0.454 e. The fourth-order valence-electron chi connectivity index (χ4n) is 2.79. The molecule has 9 nitrogen and oxygen atoms in total. The Bertz CT molecular complexity index is 831. The van der Waals surface area contributed by atoms with Crippen molar-refractivity contribution in [3.8, 4) is 0 Å². The number of hydrogen-bond acceptors (Lipinski definition) is 8. The van der Waals surface area contributed by atoms with Crippen LogP contribution in [0.3, 0.4) is 0 Å². The van der Waals surface area contributed by atoms with Gasteiger partial charge in [0.25, 0.3) is 0 Å². The number of nitrogens with two attached hydrogens (primary N) is 2. The minimum absolute atomic E-state index is 0.0943. The fraction of sp³-hybridized carbons (Fsp3) is 0.500. The minimum atomic E-state index is -2.23. The summed E-state index contributed by atoms with van der Waals surface area (Å²) in [6.07, 6.45) is -2.72. The zero-order chi connectivity index (χ0) is 22.9. The van der Waals surface area contributed by atoms with Gasteiger partial charge in [-0.1, -0.05) is 22.6 Å². The summed E-state index contributed by atoms with van der Waals surface area (Å²) in [4.78, 5) is 49.5. The van der Waals surface area contributed by atoms with Gasteiger partial charge in [-0.25, -0.2) is 0 Å². The first-order valence-corrected chi connectivity index (χ1v) is 11.6. The summed E-state index contributed by atoms with van der Waals surface area (Å²) in [5.74, 6) is -2.63. The van der Waals surface area contributed by atoms with Gasteiger partial charge >= 0.3 is 5.97 Å². The highest BCUT2D eigenvalue weighted by molar-refractivity contribution is 14.1. The van der Waals surface area contributed by atoms with E-state index in [1.54, 1.807) is 45.2 Å². The number of halogens is 4. The predicted octanol–water partition coefficient (Wildman–Crippen LogP) is 0.764. The summed E-state index contributed by atoms with van der Waals surface area (Å²) in [6, 6.07) is 0. The van der Waals surface area contributed by atoms with Gasteiger partial charge in [0.2, 0.25) is 16.9 Å². The lowest BCUT2D eigenvalue weighted by Gasteiger charge is -2.45. The van der Waals surface area contributed by atoms with Crippen LogP contribution in [-0.4, -0.2) is 60.9 Å². The summed E-state index contributed by atoms with van der Waals surface area (Å²) in [5, 5.41) is 18.0. The van der Waals surface area contributed by atoms with E-state index in [0.29, 0.717) is 0 Å². The topological polar surface area (TPSA) is 170 Å². The molecule has 4 unspecified atom stereocenters. The highest BCUT2D eigenvalue weighted by atomic mass is 127. The normalized spacial score (nSPS) is 26.8. The molecule has 0 fully saturated rings. The molecule has 0 heterocycles. The van der Waals surface area contributed by atoms with E-state index in [9.17, 15) is 29.4 Å². The molecule has 0 aromatic heterocycles. The van der Waals surface area contributed by atoms with Crippen molar-refractivity contribution < 1.29 is 34.1 Å². The number of hydrogen-bond donors (Lipinski definition) is 4. The number of ketones is 1. The second-order valence-electron chi connectivity index (χ2n) is 6.24. The number of rotatable bonds is 8. The van der Waals surface area contributed by atoms with Gasteiger partial charge in [0.1, 0.15) is 0 Å². The Morgan fingerprint density at radius 3 is 2.17 bits per heavy atom. The lowest BCUT2D eigenvalue weighted by atomic mass is 9.71. The molecule has 0 aromatic carbocycles. The van der Waals surface area contributed by atoms with Crippen molar-refractivity contribution in [2.75, 3.05) is 6.61 Å². The maximum Gasteiger partial charge on any atom is 0.303 e. The van der Waals surface area contributed by atoms with E-state index in [4.69, 9.17) is 27.8 Å². The molecule has 0 spiro atoms. The van der Waals surface area contributed by atoms with Crippen molar-refractivity contribution in [3.05, 3.63) is 18.3 Å². The molecule has 0 saturated heterocycles. The van der Waals surface area contributed by atoms with Gasteiger partial charge < -0.3 is 26.4 Å². The predicted molar refractivity (Wildman–Crippen MR) is 130 cm³/mol. The number of esters is 1. The fourth-order valence-corrected chi connectivity index (χ4v) is 8.24. The number of primary amides is 1. The van der Waals surface area contributed by atoms with Crippen molar-refractivity contribution in [2.24, 2.45) is 11.5 Å². The number of ether oxygens (including phenoxy) is 1. The first-order valence-electron chi connectivity index (χ1n) is 7.95. The number of allylic oxidation sites excluding steroid dienone is 1. The third-order valence-electron chi connectivity index (χ3n) is 4.24. The third kappa shape index (κ3) is 4.82. The quantitative estimate of drug-likeness (QED) is 0.122. The van der Waals surface area contributed by atoms with Gasteiger partial charge in [0, 0.05) is 26.1 Å². The van der Waals surface area contributed by atoms with E-state index in [0.717, 1.165) is 6.92 Å². The number of Topliss-reactive ketones (excluding diaryl/α,β-unsaturated/α-hetero) is 1. The van der Waals surface area contributed by atoms with E-state index in [2.05, 4.69) is 0 Å². The Balaban J connectivity index is 3.94. The Morgan fingerprint density at radius 1 is 1.28 bits per heavy atom. The molecule has 6 N–H and O–H groups in total. The smallest absolute Gasteiger partial charge is 0.303 e. The van der Waals surface area contributed by atoms with Crippen molar-refractivity contribution in [2.45, 2.75) is 41.4 Å². The zero-order valence-corrected chi connectivity index (χ0v) is 22.4. The van der Waals surface area contributed by atoms with Gasteiger partial charge in [0.15, 0.2) is 15.1 Å². The molecule has 0 aromatic rings. The maximum absolute atomic E-state index is 13.2. The van der Waals surface area contributed by atoms with Gasteiger partial charge in [-0.3, -0.25) is 19.2 Å². The van der Waals surface area contributed by atoms with Crippen molar-refractivity contribution in [3.63, 3.8) is 0 Å². The van der Waals surface area contributed by atoms with Crippen molar-refractivity contribution in [1.82, 2.24) is 0 Å². The molecule has 162 valence electrons. The van der Waals surface area contributed by atoms with Gasteiger partial charge in [-0.2, -0.15) is 0 Å². The van der Waals surface area contributed by atoms with Crippen LogP contribution in [0.4, 0.5) is 0 Å². The standard InChI is InChI=1S/C16H18ClI3N2O7/c1-5(29-6(2)24)11(26)9-10(18)8(3-7(25)4-23)12(19)16(22,13(17)27)15(9,20)14(21)28/h5,7,23,25H,3-4,22H2,1-2H3,(H2,21,28).